The third-order valence-corrected chi connectivity index (χ3v) is 5.56. The number of sulfonamides is 1. The lowest BCUT2D eigenvalue weighted by atomic mass is 10.1. The summed E-state index contributed by atoms with van der Waals surface area (Å²) in [4.78, 5) is 24.4. The predicted molar refractivity (Wildman–Crippen MR) is 110 cm³/mol. The molecule has 154 valence electrons. The minimum absolute atomic E-state index is 0.0744. The Morgan fingerprint density at radius 1 is 0.833 bits per heavy atom. The van der Waals surface area contributed by atoms with Gasteiger partial charge in [0.1, 0.15) is 5.82 Å². The van der Waals surface area contributed by atoms with Crippen molar-refractivity contribution in [3.8, 4) is 0 Å². The van der Waals surface area contributed by atoms with Crippen LogP contribution in [0.2, 0.25) is 0 Å². The van der Waals surface area contributed by atoms with Gasteiger partial charge in [-0.1, -0.05) is 24.3 Å². The summed E-state index contributed by atoms with van der Waals surface area (Å²) in [5, 5.41) is 0. The highest BCUT2D eigenvalue weighted by molar-refractivity contribution is 7.92. The molecule has 3 rings (SSSR count). The van der Waals surface area contributed by atoms with E-state index in [0.29, 0.717) is 11.1 Å². The third-order valence-electron chi connectivity index (χ3n) is 4.19. The smallest absolute Gasteiger partial charge is 0.270 e. The summed E-state index contributed by atoms with van der Waals surface area (Å²) >= 11 is 0. The molecule has 0 aliphatic heterocycles. The van der Waals surface area contributed by atoms with Crippen LogP contribution in [0.15, 0.2) is 77.7 Å². The standard InChI is InChI=1S/C21H18FN3O4S/c1-14-7-12-18(30(28,29)25-17-10-8-16(22)9-11-17)13-19(14)21(27)24-23-20(26)15-5-3-2-4-6-15/h2-13,25H,1H3,(H,23,26)(H,24,27). The number of hydrazine groups is 1. The number of carbonyl (C=O) groups excluding carboxylic acids is 2. The van der Waals surface area contributed by atoms with Gasteiger partial charge < -0.3 is 0 Å². The number of hydrogen-bond acceptors (Lipinski definition) is 4. The summed E-state index contributed by atoms with van der Waals surface area (Å²) in [7, 11) is -4.01. The predicted octanol–water partition coefficient (Wildman–Crippen LogP) is 3.01. The van der Waals surface area contributed by atoms with Crippen LogP contribution in [0.4, 0.5) is 10.1 Å². The molecule has 3 aromatic carbocycles. The zero-order chi connectivity index (χ0) is 21.7. The second-order valence-corrected chi connectivity index (χ2v) is 8.05. The van der Waals surface area contributed by atoms with Crippen molar-refractivity contribution in [3.63, 3.8) is 0 Å². The topological polar surface area (TPSA) is 104 Å². The Balaban J connectivity index is 1.76. The third kappa shape index (κ3) is 5.00. The van der Waals surface area contributed by atoms with E-state index in [1.165, 1.54) is 30.3 Å². The first-order valence-electron chi connectivity index (χ1n) is 8.81. The average molecular weight is 427 g/mol. The lowest BCUT2D eigenvalue weighted by Gasteiger charge is -2.12. The molecule has 0 atom stereocenters. The first-order valence-corrected chi connectivity index (χ1v) is 10.3. The molecule has 0 saturated heterocycles. The highest BCUT2D eigenvalue weighted by Crippen LogP contribution is 2.19. The molecule has 0 bridgehead atoms. The first kappa shape index (κ1) is 21.0. The number of amides is 2. The minimum Gasteiger partial charge on any atom is -0.280 e. The fourth-order valence-corrected chi connectivity index (χ4v) is 3.67. The van der Waals surface area contributed by atoms with E-state index in [4.69, 9.17) is 0 Å². The van der Waals surface area contributed by atoms with Crippen molar-refractivity contribution in [2.24, 2.45) is 0 Å². The highest BCUT2D eigenvalue weighted by atomic mass is 32.2. The second kappa shape index (κ2) is 8.75. The van der Waals surface area contributed by atoms with Gasteiger partial charge in [0.2, 0.25) is 0 Å². The lowest BCUT2D eigenvalue weighted by molar-refractivity contribution is 0.0846. The fraction of sp³-hybridized carbons (Fsp3) is 0.0476. The summed E-state index contributed by atoms with van der Waals surface area (Å²) in [5.74, 6) is -1.68. The van der Waals surface area contributed by atoms with Crippen molar-refractivity contribution in [1.82, 2.24) is 10.9 Å². The number of nitrogens with one attached hydrogen (secondary N) is 3. The zero-order valence-corrected chi connectivity index (χ0v) is 16.7. The Labute approximate surface area is 173 Å². The van der Waals surface area contributed by atoms with Gasteiger partial charge in [0.05, 0.1) is 4.90 Å². The molecule has 7 nitrogen and oxygen atoms in total. The number of anilines is 1. The Morgan fingerprint density at radius 3 is 2.13 bits per heavy atom. The molecule has 0 unspecified atom stereocenters. The molecule has 2 amide bonds. The highest BCUT2D eigenvalue weighted by Gasteiger charge is 2.19. The normalized spacial score (nSPS) is 10.9. The van der Waals surface area contributed by atoms with E-state index in [1.54, 1.807) is 37.3 Å². The summed E-state index contributed by atoms with van der Waals surface area (Å²) < 4.78 is 40.6. The lowest BCUT2D eigenvalue weighted by Crippen LogP contribution is -2.41. The monoisotopic (exact) mass is 427 g/mol. The van der Waals surface area contributed by atoms with E-state index in [-0.39, 0.29) is 16.1 Å². The van der Waals surface area contributed by atoms with Crippen LogP contribution < -0.4 is 15.6 Å². The quantitative estimate of drug-likeness (QED) is 0.545. The number of hydrogen-bond donors (Lipinski definition) is 3. The van der Waals surface area contributed by atoms with Gasteiger partial charge in [-0.05, 0) is 61.0 Å². The van der Waals surface area contributed by atoms with Gasteiger partial charge in [-0.25, -0.2) is 12.8 Å². The van der Waals surface area contributed by atoms with Crippen molar-refractivity contribution in [1.29, 1.82) is 0 Å². The van der Waals surface area contributed by atoms with Gasteiger partial charge in [0.25, 0.3) is 21.8 Å². The number of benzene rings is 3. The molecule has 0 fully saturated rings. The van der Waals surface area contributed by atoms with Crippen LogP contribution in [0.1, 0.15) is 26.3 Å². The summed E-state index contributed by atoms with van der Waals surface area (Å²) in [6, 6.07) is 17.1. The van der Waals surface area contributed by atoms with E-state index in [9.17, 15) is 22.4 Å². The molecule has 3 aromatic rings. The molecule has 0 heterocycles. The average Bonchev–Trinajstić information content (AvgIpc) is 2.74. The number of aryl methyl sites for hydroxylation is 1. The molecule has 0 radical (unpaired) electrons. The molecule has 3 N–H and O–H groups in total. The molecule has 0 aromatic heterocycles. The van der Waals surface area contributed by atoms with E-state index in [2.05, 4.69) is 15.6 Å². The van der Waals surface area contributed by atoms with Gasteiger partial charge in [0, 0.05) is 16.8 Å². The maximum absolute atomic E-state index is 13.0. The van der Waals surface area contributed by atoms with Crippen LogP contribution in [0.25, 0.3) is 0 Å². The SMILES string of the molecule is Cc1ccc(S(=O)(=O)Nc2ccc(F)cc2)cc1C(=O)NNC(=O)c1ccccc1. The molecule has 0 saturated carbocycles. The van der Waals surface area contributed by atoms with E-state index in [1.807, 2.05) is 0 Å². The van der Waals surface area contributed by atoms with E-state index >= 15 is 0 Å². The van der Waals surface area contributed by atoms with Crippen molar-refractivity contribution >= 4 is 27.5 Å². The number of halogens is 1. The minimum atomic E-state index is -4.01. The van der Waals surface area contributed by atoms with Gasteiger partial charge in [0.15, 0.2) is 0 Å². The number of rotatable bonds is 5. The number of carbonyl (C=O) groups is 2. The maximum Gasteiger partial charge on any atom is 0.270 e. The summed E-state index contributed by atoms with van der Waals surface area (Å²) in [6.07, 6.45) is 0. The largest absolute Gasteiger partial charge is 0.280 e. The maximum atomic E-state index is 13.0. The second-order valence-electron chi connectivity index (χ2n) is 6.36. The van der Waals surface area contributed by atoms with Crippen LogP contribution in [-0.4, -0.2) is 20.2 Å². The van der Waals surface area contributed by atoms with Crippen molar-refractivity contribution in [2.45, 2.75) is 11.8 Å². The van der Waals surface area contributed by atoms with Crippen molar-refractivity contribution < 1.29 is 22.4 Å². The van der Waals surface area contributed by atoms with Crippen LogP contribution in [-0.2, 0) is 10.0 Å². The Bertz CT molecular complexity index is 1180. The van der Waals surface area contributed by atoms with E-state index in [0.717, 1.165) is 12.1 Å². The van der Waals surface area contributed by atoms with Gasteiger partial charge in [-0.2, -0.15) is 0 Å². The van der Waals surface area contributed by atoms with Crippen molar-refractivity contribution in [3.05, 3.63) is 95.3 Å². The van der Waals surface area contributed by atoms with Crippen molar-refractivity contribution in [2.75, 3.05) is 4.72 Å². The zero-order valence-electron chi connectivity index (χ0n) is 15.8. The van der Waals surface area contributed by atoms with E-state index < -0.39 is 27.7 Å². The van der Waals surface area contributed by atoms with Crippen LogP contribution in [0.3, 0.4) is 0 Å². The molecule has 0 aliphatic rings. The molecular weight excluding hydrogens is 409 g/mol. The molecule has 9 heteroatoms. The molecular formula is C21H18FN3O4S. The Morgan fingerprint density at radius 2 is 1.47 bits per heavy atom. The Hall–Kier alpha value is -3.72. The molecule has 0 spiro atoms. The summed E-state index contributed by atoms with van der Waals surface area (Å²) in [6.45, 7) is 1.64. The Kier molecular flexibility index (Phi) is 6.12. The van der Waals surface area contributed by atoms with Crippen LogP contribution in [0.5, 0.6) is 0 Å². The van der Waals surface area contributed by atoms with Crippen LogP contribution >= 0.6 is 0 Å². The fourth-order valence-electron chi connectivity index (χ4n) is 2.59. The summed E-state index contributed by atoms with van der Waals surface area (Å²) in [5.41, 5.74) is 5.69. The van der Waals surface area contributed by atoms with Gasteiger partial charge in [-0.3, -0.25) is 25.2 Å². The first-order chi connectivity index (χ1) is 14.3. The van der Waals surface area contributed by atoms with Gasteiger partial charge >= 0.3 is 0 Å². The van der Waals surface area contributed by atoms with Crippen LogP contribution in [0, 0.1) is 12.7 Å². The molecule has 30 heavy (non-hydrogen) atoms. The molecule has 0 aliphatic carbocycles. The van der Waals surface area contributed by atoms with Gasteiger partial charge in [-0.15, -0.1) is 0 Å².